The standard InChI is InChI=1S/C19H22ClNO4.ClH/c1-3-24-17-10-14(9-16(20)18(17)25-4-2)12-21-11-13-5-7-15(8-6-13)19(22)23;/h5-10,21H,3-4,11-12H2,1-2H3,(H,22,23);1H. The predicted octanol–water partition coefficient (Wildman–Crippen LogP) is 4.55. The molecule has 0 unspecified atom stereocenters. The van der Waals surface area contributed by atoms with Gasteiger partial charge in [0.15, 0.2) is 11.5 Å². The molecule has 0 aromatic heterocycles. The molecule has 0 radical (unpaired) electrons. The number of carboxylic acids is 1. The fourth-order valence-corrected chi connectivity index (χ4v) is 2.67. The number of carbonyl (C=O) groups is 1. The van der Waals surface area contributed by atoms with E-state index < -0.39 is 5.97 Å². The van der Waals surface area contributed by atoms with E-state index in [1.807, 2.05) is 26.0 Å². The van der Waals surface area contributed by atoms with E-state index in [1.54, 1.807) is 24.3 Å². The normalized spacial score (nSPS) is 10.1. The van der Waals surface area contributed by atoms with E-state index in [1.165, 1.54) is 0 Å². The van der Waals surface area contributed by atoms with Gasteiger partial charge in [-0.15, -0.1) is 12.4 Å². The van der Waals surface area contributed by atoms with Crippen molar-refractivity contribution in [3.63, 3.8) is 0 Å². The molecule has 0 aliphatic carbocycles. The molecule has 2 N–H and O–H groups in total. The van der Waals surface area contributed by atoms with Crippen LogP contribution in [-0.2, 0) is 13.1 Å². The van der Waals surface area contributed by atoms with Gasteiger partial charge in [0, 0.05) is 13.1 Å². The number of ether oxygens (including phenoxy) is 2. The van der Waals surface area contributed by atoms with Crippen molar-refractivity contribution in [2.75, 3.05) is 13.2 Å². The molecule has 0 aliphatic heterocycles. The monoisotopic (exact) mass is 399 g/mol. The minimum absolute atomic E-state index is 0. The summed E-state index contributed by atoms with van der Waals surface area (Å²) in [5, 5.41) is 12.7. The number of aromatic carboxylic acids is 1. The van der Waals surface area contributed by atoms with Gasteiger partial charge in [0.1, 0.15) is 0 Å². The Morgan fingerprint density at radius 2 is 1.65 bits per heavy atom. The predicted molar refractivity (Wildman–Crippen MR) is 105 cm³/mol. The quantitative estimate of drug-likeness (QED) is 0.647. The first kappa shape index (κ1) is 22.1. The van der Waals surface area contributed by atoms with Gasteiger partial charge < -0.3 is 19.9 Å². The van der Waals surface area contributed by atoms with Gasteiger partial charge in [0.05, 0.1) is 23.8 Å². The molecule has 0 amide bonds. The second-order valence-corrected chi connectivity index (χ2v) is 5.78. The van der Waals surface area contributed by atoms with Crippen molar-refractivity contribution in [3.05, 3.63) is 58.1 Å². The zero-order valence-corrected chi connectivity index (χ0v) is 16.3. The van der Waals surface area contributed by atoms with Crippen molar-refractivity contribution in [3.8, 4) is 11.5 Å². The van der Waals surface area contributed by atoms with Crippen LogP contribution in [0.5, 0.6) is 11.5 Å². The molecule has 0 bridgehead atoms. The van der Waals surface area contributed by atoms with E-state index in [-0.39, 0.29) is 18.0 Å². The van der Waals surface area contributed by atoms with Crippen molar-refractivity contribution < 1.29 is 19.4 Å². The molecule has 2 aromatic carbocycles. The zero-order chi connectivity index (χ0) is 18.2. The Balaban J connectivity index is 0.00000338. The fourth-order valence-electron chi connectivity index (χ4n) is 2.39. The van der Waals surface area contributed by atoms with Gasteiger partial charge in [-0.05, 0) is 49.2 Å². The summed E-state index contributed by atoms with van der Waals surface area (Å²) in [6, 6.07) is 10.6. The van der Waals surface area contributed by atoms with Gasteiger partial charge in [-0.25, -0.2) is 4.79 Å². The average Bonchev–Trinajstić information content (AvgIpc) is 2.59. The minimum Gasteiger partial charge on any atom is -0.490 e. The third-order valence-corrected chi connectivity index (χ3v) is 3.80. The lowest BCUT2D eigenvalue weighted by molar-refractivity contribution is 0.0697. The number of hydrogen-bond donors (Lipinski definition) is 2. The Hall–Kier alpha value is -1.95. The van der Waals surface area contributed by atoms with Crippen LogP contribution in [0.4, 0.5) is 0 Å². The average molecular weight is 400 g/mol. The highest BCUT2D eigenvalue weighted by atomic mass is 35.5. The summed E-state index contributed by atoms with van der Waals surface area (Å²) in [6.07, 6.45) is 0. The number of halogens is 2. The van der Waals surface area contributed by atoms with E-state index in [2.05, 4.69) is 5.32 Å². The van der Waals surface area contributed by atoms with E-state index in [9.17, 15) is 4.79 Å². The maximum atomic E-state index is 10.9. The van der Waals surface area contributed by atoms with Crippen LogP contribution in [0.1, 0.15) is 35.3 Å². The van der Waals surface area contributed by atoms with Crippen LogP contribution in [0, 0.1) is 0 Å². The Kier molecular flexibility index (Phi) is 9.27. The van der Waals surface area contributed by atoms with Crippen LogP contribution >= 0.6 is 24.0 Å². The number of benzene rings is 2. The van der Waals surface area contributed by atoms with Gasteiger partial charge in [0.25, 0.3) is 0 Å². The molecular formula is C19H23Cl2NO4. The molecule has 142 valence electrons. The third kappa shape index (κ3) is 6.09. The summed E-state index contributed by atoms with van der Waals surface area (Å²) in [6.45, 7) is 6.08. The molecule has 2 aromatic rings. The lowest BCUT2D eigenvalue weighted by atomic mass is 10.1. The topological polar surface area (TPSA) is 67.8 Å². The molecule has 0 heterocycles. The van der Waals surface area contributed by atoms with Crippen molar-refractivity contribution in [1.82, 2.24) is 5.32 Å². The summed E-state index contributed by atoms with van der Waals surface area (Å²) in [5.41, 5.74) is 2.27. The molecular weight excluding hydrogens is 377 g/mol. The molecule has 2 rings (SSSR count). The van der Waals surface area contributed by atoms with Crippen LogP contribution in [-0.4, -0.2) is 24.3 Å². The molecule has 26 heavy (non-hydrogen) atoms. The number of nitrogens with one attached hydrogen (secondary N) is 1. The fraction of sp³-hybridized carbons (Fsp3) is 0.316. The first-order valence-electron chi connectivity index (χ1n) is 8.16. The SMILES string of the molecule is CCOc1cc(CNCc2ccc(C(=O)O)cc2)cc(Cl)c1OCC.Cl. The van der Waals surface area contributed by atoms with Crippen LogP contribution in [0.25, 0.3) is 0 Å². The Morgan fingerprint density at radius 3 is 2.23 bits per heavy atom. The number of carboxylic acid groups (broad SMARTS) is 1. The highest BCUT2D eigenvalue weighted by molar-refractivity contribution is 6.32. The minimum atomic E-state index is -0.924. The lowest BCUT2D eigenvalue weighted by Gasteiger charge is -2.14. The highest BCUT2D eigenvalue weighted by Crippen LogP contribution is 2.36. The van der Waals surface area contributed by atoms with Crippen molar-refractivity contribution in [1.29, 1.82) is 0 Å². The van der Waals surface area contributed by atoms with E-state index in [0.29, 0.717) is 42.8 Å². The second-order valence-electron chi connectivity index (χ2n) is 5.38. The van der Waals surface area contributed by atoms with Crippen LogP contribution in [0.15, 0.2) is 36.4 Å². The Bertz CT molecular complexity index is 720. The summed E-state index contributed by atoms with van der Waals surface area (Å²) in [7, 11) is 0. The molecule has 5 nitrogen and oxygen atoms in total. The summed E-state index contributed by atoms with van der Waals surface area (Å²) < 4.78 is 11.2. The number of hydrogen-bond acceptors (Lipinski definition) is 4. The largest absolute Gasteiger partial charge is 0.490 e. The highest BCUT2D eigenvalue weighted by Gasteiger charge is 2.12. The first-order chi connectivity index (χ1) is 12.0. The van der Waals surface area contributed by atoms with Gasteiger partial charge in [-0.3, -0.25) is 0 Å². The van der Waals surface area contributed by atoms with Crippen LogP contribution in [0.3, 0.4) is 0 Å². The molecule has 0 spiro atoms. The summed E-state index contributed by atoms with van der Waals surface area (Å²) in [4.78, 5) is 10.9. The van der Waals surface area contributed by atoms with Crippen molar-refractivity contribution in [2.45, 2.75) is 26.9 Å². The maximum absolute atomic E-state index is 10.9. The van der Waals surface area contributed by atoms with Gasteiger partial charge in [-0.1, -0.05) is 23.7 Å². The lowest BCUT2D eigenvalue weighted by Crippen LogP contribution is -2.13. The summed E-state index contributed by atoms with van der Waals surface area (Å²) in [5.74, 6) is 0.283. The number of rotatable bonds is 9. The molecule has 7 heteroatoms. The molecule has 0 saturated heterocycles. The van der Waals surface area contributed by atoms with Crippen LogP contribution < -0.4 is 14.8 Å². The van der Waals surface area contributed by atoms with Crippen molar-refractivity contribution in [2.24, 2.45) is 0 Å². The van der Waals surface area contributed by atoms with Gasteiger partial charge >= 0.3 is 5.97 Å². The Labute approximate surface area is 164 Å². The third-order valence-electron chi connectivity index (χ3n) is 3.52. The molecule has 0 saturated carbocycles. The van der Waals surface area contributed by atoms with Crippen LogP contribution in [0.2, 0.25) is 5.02 Å². The van der Waals surface area contributed by atoms with E-state index >= 15 is 0 Å². The van der Waals surface area contributed by atoms with E-state index in [4.69, 9.17) is 26.2 Å². The second kappa shape index (κ2) is 10.9. The smallest absolute Gasteiger partial charge is 0.335 e. The Morgan fingerprint density at radius 1 is 1.04 bits per heavy atom. The zero-order valence-electron chi connectivity index (χ0n) is 14.8. The molecule has 0 atom stereocenters. The first-order valence-corrected chi connectivity index (χ1v) is 8.53. The van der Waals surface area contributed by atoms with Crippen molar-refractivity contribution >= 4 is 30.0 Å². The maximum Gasteiger partial charge on any atom is 0.335 e. The molecule has 0 aliphatic rings. The molecule has 0 fully saturated rings. The van der Waals surface area contributed by atoms with Gasteiger partial charge in [-0.2, -0.15) is 0 Å². The van der Waals surface area contributed by atoms with Gasteiger partial charge in [0.2, 0.25) is 0 Å². The summed E-state index contributed by atoms with van der Waals surface area (Å²) >= 11 is 6.30. The van der Waals surface area contributed by atoms with E-state index in [0.717, 1.165) is 11.1 Å².